The van der Waals surface area contributed by atoms with Crippen molar-refractivity contribution in [3.05, 3.63) is 0 Å². The van der Waals surface area contributed by atoms with Gasteiger partial charge in [-0.2, -0.15) is 0 Å². The molecule has 0 heterocycles. The van der Waals surface area contributed by atoms with Gasteiger partial charge in [-0.3, -0.25) is 14.5 Å². The highest BCUT2D eigenvalue weighted by molar-refractivity contribution is 5.78. The van der Waals surface area contributed by atoms with Crippen LogP contribution in [0.5, 0.6) is 0 Å². The van der Waals surface area contributed by atoms with Crippen molar-refractivity contribution in [3.63, 3.8) is 0 Å². The van der Waals surface area contributed by atoms with Crippen LogP contribution in [0, 0.1) is 0 Å². The molecule has 1 N–H and O–H groups in total. The zero-order chi connectivity index (χ0) is 14.7. The van der Waals surface area contributed by atoms with Gasteiger partial charge in [0.1, 0.15) is 0 Å². The minimum atomic E-state index is -0.273. The second-order valence-electron chi connectivity index (χ2n) is 4.47. The van der Waals surface area contributed by atoms with Crippen LogP contribution in [0.3, 0.4) is 0 Å². The van der Waals surface area contributed by atoms with Gasteiger partial charge in [0, 0.05) is 26.2 Å². The summed E-state index contributed by atoms with van der Waals surface area (Å²) in [6.07, 6.45) is 1.17. The normalized spacial score (nSPS) is 12.3. The smallest absolute Gasteiger partial charge is 0.306 e. The Morgan fingerprint density at radius 3 is 2.47 bits per heavy atom. The number of hydrogen-bond acceptors (Lipinski definition) is 5. The highest BCUT2D eigenvalue weighted by Gasteiger charge is 2.13. The van der Waals surface area contributed by atoms with Gasteiger partial charge in [0.2, 0.25) is 5.91 Å². The van der Waals surface area contributed by atoms with Crippen LogP contribution in [-0.4, -0.2) is 63.3 Å². The van der Waals surface area contributed by atoms with Crippen LogP contribution in [0.15, 0.2) is 0 Å². The Kier molecular flexibility index (Phi) is 10.1. The maximum atomic E-state index is 11.8. The third-order valence-corrected chi connectivity index (χ3v) is 2.86. The van der Waals surface area contributed by atoms with Crippen molar-refractivity contribution in [3.8, 4) is 0 Å². The summed E-state index contributed by atoms with van der Waals surface area (Å²) >= 11 is 0. The Morgan fingerprint density at radius 1 is 1.26 bits per heavy atom. The van der Waals surface area contributed by atoms with Crippen molar-refractivity contribution in [1.29, 1.82) is 0 Å². The predicted molar refractivity (Wildman–Crippen MR) is 72.8 cm³/mol. The third-order valence-electron chi connectivity index (χ3n) is 2.86. The van der Waals surface area contributed by atoms with E-state index in [1.807, 2.05) is 18.7 Å². The van der Waals surface area contributed by atoms with Crippen molar-refractivity contribution in [2.24, 2.45) is 0 Å². The lowest BCUT2D eigenvalue weighted by Gasteiger charge is -2.22. The number of nitrogens with zero attached hydrogens (tertiary/aromatic N) is 1. The number of methoxy groups -OCH3 is 2. The highest BCUT2D eigenvalue weighted by Crippen LogP contribution is 1.95. The molecule has 0 aromatic carbocycles. The molecule has 0 saturated carbocycles. The standard InChI is InChI=1S/C13H26N2O4/c1-5-11(2)14-12(16)10-15(8-9-18-3)7-6-13(17)19-4/h11H,5-10H2,1-4H3,(H,14,16). The molecule has 1 atom stereocenters. The van der Waals surface area contributed by atoms with E-state index in [0.29, 0.717) is 19.7 Å². The summed E-state index contributed by atoms with van der Waals surface area (Å²) < 4.78 is 9.59. The number of nitrogens with one attached hydrogen (secondary N) is 1. The van der Waals surface area contributed by atoms with Crippen LogP contribution in [0.2, 0.25) is 0 Å². The second-order valence-corrected chi connectivity index (χ2v) is 4.47. The van der Waals surface area contributed by atoms with E-state index in [9.17, 15) is 9.59 Å². The summed E-state index contributed by atoms with van der Waals surface area (Å²) in [6.45, 7) is 5.88. The van der Waals surface area contributed by atoms with Crippen LogP contribution < -0.4 is 5.32 Å². The molecule has 1 amide bonds. The van der Waals surface area contributed by atoms with Gasteiger partial charge in [-0.15, -0.1) is 0 Å². The first-order chi connectivity index (χ1) is 9.03. The molecule has 6 heteroatoms. The van der Waals surface area contributed by atoms with Crippen LogP contribution in [0.25, 0.3) is 0 Å². The average Bonchev–Trinajstić information content (AvgIpc) is 2.40. The van der Waals surface area contributed by atoms with Crippen molar-refractivity contribution < 1.29 is 19.1 Å². The molecule has 0 radical (unpaired) electrons. The molecular weight excluding hydrogens is 248 g/mol. The highest BCUT2D eigenvalue weighted by atomic mass is 16.5. The molecule has 0 aliphatic heterocycles. The minimum absolute atomic E-state index is 0.0321. The number of hydrogen-bond donors (Lipinski definition) is 1. The van der Waals surface area contributed by atoms with E-state index in [4.69, 9.17) is 4.74 Å². The van der Waals surface area contributed by atoms with Crippen molar-refractivity contribution in [2.45, 2.75) is 32.7 Å². The first-order valence-corrected chi connectivity index (χ1v) is 6.60. The molecule has 1 unspecified atom stereocenters. The number of rotatable bonds is 10. The molecule has 112 valence electrons. The number of esters is 1. The molecule has 19 heavy (non-hydrogen) atoms. The molecule has 0 aromatic heterocycles. The number of amides is 1. The predicted octanol–water partition coefficient (Wildman–Crippen LogP) is 0.413. The number of carbonyl (C=O) groups is 2. The van der Waals surface area contributed by atoms with E-state index in [2.05, 4.69) is 10.1 Å². The third kappa shape index (κ3) is 9.44. The molecule has 0 rings (SSSR count). The molecule has 0 aliphatic rings. The molecule has 6 nitrogen and oxygen atoms in total. The van der Waals surface area contributed by atoms with Gasteiger partial charge in [-0.05, 0) is 13.3 Å². The quantitative estimate of drug-likeness (QED) is 0.585. The van der Waals surface area contributed by atoms with E-state index >= 15 is 0 Å². The molecule has 0 bridgehead atoms. The average molecular weight is 274 g/mol. The fourth-order valence-electron chi connectivity index (χ4n) is 1.47. The lowest BCUT2D eigenvalue weighted by Crippen LogP contribution is -2.42. The summed E-state index contributed by atoms with van der Waals surface area (Å²) in [5.74, 6) is -0.305. The number of ether oxygens (including phenoxy) is 2. The Morgan fingerprint density at radius 2 is 1.95 bits per heavy atom. The molecule has 0 saturated heterocycles. The van der Waals surface area contributed by atoms with E-state index in [1.165, 1.54) is 7.11 Å². The van der Waals surface area contributed by atoms with Crippen LogP contribution in [-0.2, 0) is 19.1 Å². The van der Waals surface area contributed by atoms with Gasteiger partial charge >= 0.3 is 5.97 Å². The van der Waals surface area contributed by atoms with Gasteiger partial charge in [0.15, 0.2) is 0 Å². The zero-order valence-electron chi connectivity index (χ0n) is 12.4. The van der Waals surface area contributed by atoms with Crippen LogP contribution in [0.1, 0.15) is 26.7 Å². The lowest BCUT2D eigenvalue weighted by molar-refractivity contribution is -0.141. The molecule has 0 aromatic rings. The van der Waals surface area contributed by atoms with Gasteiger partial charge < -0.3 is 14.8 Å². The Labute approximate surface area is 115 Å². The van der Waals surface area contributed by atoms with Crippen LogP contribution >= 0.6 is 0 Å². The fourth-order valence-corrected chi connectivity index (χ4v) is 1.47. The number of carbonyl (C=O) groups excluding carboxylic acids is 2. The van der Waals surface area contributed by atoms with E-state index in [-0.39, 0.29) is 30.9 Å². The van der Waals surface area contributed by atoms with E-state index in [0.717, 1.165) is 6.42 Å². The van der Waals surface area contributed by atoms with E-state index in [1.54, 1.807) is 7.11 Å². The zero-order valence-corrected chi connectivity index (χ0v) is 12.4. The molecule has 0 spiro atoms. The Bertz CT molecular complexity index is 271. The molecule has 0 fully saturated rings. The fraction of sp³-hybridized carbons (Fsp3) is 0.846. The maximum absolute atomic E-state index is 11.8. The van der Waals surface area contributed by atoms with Crippen molar-refractivity contribution in [1.82, 2.24) is 10.2 Å². The Balaban J connectivity index is 4.17. The molecule has 0 aliphatic carbocycles. The van der Waals surface area contributed by atoms with Crippen LogP contribution in [0.4, 0.5) is 0 Å². The van der Waals surface area contributed by atoms with E-state index < -0.39 is 0 Å². The molecular formula is C13H26N2O4. The first kappa shape index (κ1) is 17.9. The summed E-state index contributed by atoms with van der Waals surface area (Å²) in [5.41, 5.74) is 0. The summed E-state index contributed by atoms with van der Waals surface area (Å²) in [4.78, 5) is 24.8. The van der Waals surface area contributed by atoms with Gasteiger partial charge in [-0.25, -0.2) is 0 Å². The van der Waals surface area contributed by atoms with Crippen molar-refractivity contribution >= 4 is 11.9 Å². The summed E-state index contributed by atoms with van der Waals surface area (Å²) in [5, 5.41) is 2.90. The second kappa shape index (κ2) is 10.8. The SMILES string of the molecule is CCC(C)NC(=O)CN(CCOC)CCC(=O)OC. The van der Waals surface area contributed by atoms with Gasteiger partial charge in [-0.1, -0.05) is 6.92 Å². The minimum Gasteiger partial charge on any atom is -0.469 e. The van der Waals surface area contributed by atoms with Gasteiger partial charge in [0.25, 0.3) is 0 Å². The lowest BCUT2D eigenvalue weighted by atomic mass is 10.2. The maximum Gasteiger partial charge on any atom is 0.306 e. The monoisotopic (exact) mass is 274 g/mol. The summed E-state index contributed by atoms with van der Waals surface area (Å²) in [7, 11) is 2.97. The largest absolute Gasteiger partial charge is 0.469 e. The summed E-state index contributed by atoms with van der Waals surface area (Å²) in [6, 6.07) is 0.164. The van der Waals surface area contributed by atoms with Crippen molar-refractivity contribution in [2.75, 3.05) is 40.5 Å². The first-order valence-electron chi connectivity index (χ1n) is 6.60. The topological polar surface area (TPSA) is 67.9 Å². The Hall–Kier alpha value is -1.14. The van der Waals surface area contributed by atoms with Gasteiger partial charge in [0.05, 0.1) is 26.7 Å².